The molecule has 17 heavy (non-hydrogen) atoms. The van der Waals surface area contributed by atoms with E-state index in [1.54, 1.807) is 19.0 Å². The fourth-order valence-corrected chi connectivity index (χ4v) is 2.18. The van der Waals surface area contributed by atoms with Gasteiger partial charge in [-0.15, -0.1) is 0 Å². The van der Waals surface area contributed by atoms with Gasteiger partial charge in [0.15, 0.2) is 0 Å². The van der Waals surface area contributed by atoms with Crippen molar-refractivity contribution in [3.8, 4) is 0 Å². The minimum absolute atomic E-state index is 0.150. The molecule has 0 saturated heterocycles. The third-order valence-electron chi connectivity index (χ3n) is 2.66. The number of hydrogen-bond acceptors (Lipinski definition) is 2. The minimum Gasteiger partial charge on any atom is -0.349 e. The van der Waals surface area contributed by atoms with Gasteiger partial charge >= 0.3 is 0 Å². The second-order valence-corrected chi connectivity index (χ2v) is 5.09. The highest BCUT2D eigenvalue weighted by molar-refractivity contribution is 9.10. The van der Waals surface area contributed by atoms with E-state index in [0.29, 0.717) is 13.0 Å². The molecule has 0 aliphatic heterocycles. The molecule has 0 aromatic heterocycles. The van der Waals surface area contributed by atoms with Crippen molar-refractivity contribution in [3.63, 3.8) is 0 Å². The summed E-state index contributed by atoms with van der Waals surface area (Å²) in [6, 6.07) is 8.35. The van der Waals surface area contributed by atoms with Gasteiger partial charge in [-0.25, -0.2) is 0 Å². The van der Waals surface area contributed by atoms with Crippen molar-refractivity contribution in [2.75, 3.05) is 20.6 Å². The third-order valence-corrected chi connectivity index (χ3v) is 3.38. The van der Waals surface area contributed by atoms with Gasteiger partial charge in [-0.05, 0) is 18.6 Å². The highest BCUT2D eigenvalue weighted by Gasteiger charge is 2.09. The lowest BCUT2D eigenvalue weighted by Gasteiger charge is -2.16. The van der Waals surface area contributed by atoms with Gasteiger partial charge in [0.2, 0.25) is 5.91 Å². The maximum absolute atomic E-state index is 11.4. The molecular formula is C13H19BrN2O. The maximum Gasteiger partial charge on any atom is 0.223 e. The highest BCUT2D eigenvalue weighted by atomic mass is 79.9. The van der Waals surface area contributed by atoms with E-state index in [1.807, 2.05) is 18.2 Å². The Morgan fingerprint density at radius 3 is 2.65 bits per heavy atom. The van der Waals surface area contributed by atoms with Crippen LogP contribution < -0.4 is 5.32 Å². The Labute approximate surface area is 111 Å². The van der Waals surface area contributed by atoms with Crippen molar-refractivity contribution in [1.82, 2.24) is 10.2 Å². The van der Waals surface area contributed by atoms with E-state index in [0.717, 1.165) is 4.47 Å². The van der Waals surface area contributed by atoms with Crippen LogP contribution in [0.25, 0.3) is 0 Å². The fourth-order valence-electron chi connectivity index (χ4n) is 1.56. The Balaban J connectivity index is 2.43. The molecule has 0 unspecified atom stereocenters. The molecule has 0 aliphatic rings. The van der Waals surface area contributed by atoms with E-state index in [2.05, 4.69) is 34.2 Å². The predicted molar refractivity (Wildman–Crippen MR) is 73.9 cm³/mol. The average molecular weight is 299 g/mol. The van der Waals surface area contributed by atoms with Gasteiger partial charge in [0, 0.05) is 37.6 Å². The SMILES string of the molecule is C[C@@H](NCCC(=O)N(C)C)c1ccccc1Br. The molecular weight excluding hydrogens is 280 g/mol. The number of hydrogen-bond donors (Lipinski definition) is 1. The van der Waals surface area contributed by atoms with Crippen molar-refractivity contribution < 1.29 is 4.79 Å². The van der Waals surface area contributed by atoms with E-state index in [4.69, 9.17) is 0 Å². The molecule has 94 valence electrons. The summed E-state index contributed by atoms with van der Waals surface area (Å²) in [5.74, 6) is 0.150. The molecule has 1 aromatic rings. The smallest absolute Gasteiger partial charge is 0.223 e. The first-order valence-corrected chi connectivity index (χ1v) is 6.49. The number of carbonyl (C=O) groups is 1. The van der Waals surface area contributed by atoms with Gasteiger partial charge < -0.3 is 10.2 Å². The van der Waals surface area contributed by atoms with Crippen LogP contribution in [0.1, 0.15) is 24.9 Å². The average Bonchev–Trinajstić information content (AvgIpc) is 2.29. The third kappa shape index (κ3) is 4.48. The Kier molecular flexibility index (Phi) is 5.65. The molecule has 1 atom stereocenters. The van der Waals surface area contributed by atoms with Gasteiger partial charge in [0.05, 0.1) is 0 Å². The lowest BCUT2D eigenvalue weighted by atomic mass is 10.1. The van der Waals surface area contributed by atoms with Crippen molar-refractivity contribution in [1.29, 1.82) is 0 Å². The van der Waals surface area contributed by atoms with E-state index in [1.165, 1.54) is 5.56 Å². The van der Waals surface area contributed by atoms with Gasteiger partial charge in [0.1, 0.15) is 0 Å². The number of rotatable bonds is 5. The van der Waals surface area contributed by atoms with Gasteiger partial charge in [-0.2, -0.15) is 0 Å². The molecule has 1 aromatic carbocycles. The van der Waals surface area contributed by atoms with Crippen LogP contribution in [0, 0.1) is 0 Å². The van der Waals surface area contributed by atoms with Gasteiger partial charge in [-0.1, -0.05) is 34.1 Å². The van der Waals surface area contributed by atoms with E-state index in [9.17, 15) is 4.79 Å². The lowest BCUT2D eigenvalue weighted by molar-refractivity contribution is -0.128. The van der Waals surface area contributed by atoms with Crippen LogP contribution in [0.2, 0.25) is 0 Å². The normalized spacial score (nSPS) is 12.2. The first-order valence-electron chi connectivity index (χ1n) is 5.70. The van der Waals surface area contributed by atoms with Crippen molar-refractivity contribution in [2.24, 2.45) is 0 Å². The predicted octanol–water partition coefficient (Wildman–Crippen LogP) is 2.58. The molecule has 1 N–H and O–H groups in total. The second-order valence-electron chi connectivity index (χ2n) is 4.24. The zero-order valence-corrected chi connectivity index (χ0v) is 12.1. The fraction of sp³-hybridized carbons (Fsp3) is 0.462. The standard InChI is InChI=1S/C13H19BrN2O/c1-10(11-6-4-5-7-12(11)14)15-9-8-13(17)16(2)3/h4-7,10,15H,8-9H2,1-3H3/t10-/m1/s1. The van der Waals surface area contributed by atoms with Crippen LogP contribution >= 0.6 is 15.9 Å². The first-order chi connectivity index (χ1) is 8.02. The summed E-state index contributed by atoms with van der Waals surface area (Å²) in [4.78, 5) is 13.0. The number of amides is 1. The quantitative estimate of drug-likeness (QED) is 0.906. The Hall–Kier alpha value is -0.870. The second kappa shape index (κ2) is 6.77. The molecule has 3 nitrogen and oxygen atoms in total. The number of benzene rings is 1. The maximum atomic E-state index is 11.4. The van der Waals surface area contributed by atoms with Crippen LogP contribution in [-0.4, -0.2) is 31.4 Å². The lowest BCUT2D eigenvalue weighted by Crippen LogP contribution is -2.28. The molecule has 0 aliphatic carbocycles. The number of halogens is 1. The zero-order valence-electron chi connectivity index (χ0n) is 10.5. The monoisotopic (exact) mass is 298 g/mol. The van der Waals surface area contributed by atoms with Crippen LogP contribution in [0.3, 0.4) is 0 Å². The molecule has 1 amide bonds. The van der Waals surface area contributed by atoms with Crippen molar-refractivity contribution in [3.05, 3.63) is 34.3 Å². The van der Waals surface area contributed by atoms with Crippen LogP contribution in [0.5, 0.6) is 0 Å². The van der Waals surface area contributed by atoms with Gasteiger partial charge in [-0.3, -0.25) is 4.79 Å². The van der Waals surface area contributed by atoms with E-state index >= 15 is 0 Å². The summed E-state index contributed by atoms with van der Waals surface area (Å²) in [5, 5.41) is 3.35. The first kappa shape index (κ1) is 14.2. The summed E-state index contributed by atoms with van der Waals surface area (Å²) < 4.78 is 1.10. The van der Waals surface area contributed by atoms with Crippen molar-refractivity contribution in [2.45, 2.75) is 19.4 Å². The summed E-state index contributed by atoms with van der Waals surface area (Å²) in [6.07, 6.45) is 0.530. The molecule has 1 rings (SSSR count). The molecule has 0 heterocycles. The molecule has 4 heteroatoms. The van der Waals surface area contributed by atoms with Crippen LogP contribution in [0.4, 0.5) is 0 Å². The van der Waals surface area contributed by atoms with Crippen LogP contribution in [0.15, 0.2) is 28.7 Å². The van der Waals surface area contributed by atoms with Gasteiger partial charge in [0.25, 0.3) is 0 Å². The Bertz CT molecular complexity index is 379. The zero-order chi connectivity index (χ0) is 12.8. The topological polar surface area (TPSA) is 32.3 Å². The molecule has 0 spiro atoms. The largest absolute Gasteiger partial charge is 0.349 e. The molecule has 0 saturated carbocycles. The summed E-state index contributed by atoms with van der Waals surface area (Å²) in [7, 11) is 3.55. The summed E-state index contributed by atoms with van der Waals surface area (Å²) >= 11 is 3.53. The summed E-state index contributed by atoms with van der Waals surface area (Å²) in [6.45, 7) is 2.79. The number of nitrogens with zero attached hydrogens (tertiary/aromatic N) is 1. The van der Waals surface area contributed by atoms with Crippen molar-refractivity contribution >= 4 is 21.8 Å². The summed E-state index contributed by atoms with van der Waals surface area (Å²) in [5.41, 5.74) is 1.21. The minimum atomic E-state index is 0.150. The Morgan fingerprint density at radius 2 is 2.06 bits per heavy atom. The molecule has 0 fully saturated rings. The van der Waals surface area contributed by atoms with E-state index in [-0.39, 0.29) is 11.9 Å². The molecule has 0 radical (unpaired) electrons. The van der Waals surface area contributed by atoms with E-state index < -0.39 is 0 Å². The van der Waals surface area contributed by atoms with Crippen LogP contribution in [-0.2, 0) is 4.79 Å². The molecule has 0 bridgehead atoms. The highest BCUT2D eigenvalue weighted by Crippen LogP contribution is 2.22. The Morgan fingerprint density at radius 1 is 1.41 bits per heavy atom. The number of carbonyl (C=O) groups excluding carboxylic acids is 1. The number of nitrogens with one attached hydrogen (secondary N) is 1.